The summed E-state index contributed by atoms with van der Waals surface area (Å²) >= 11 is 0. The molecule has 0 amide bonds. The number of carboxylic acids is 1. The maximum absolute atomic E-state index is 11.3. The molecule has 0 rings (SSSR count). The molecule has 0 aromatic carbocycles. The van der Waals surface area contributed by atoms with Crippen LogP contribution in [0.5, 0.6) is 0 Å². The van der Waals surface area contributed by atoms with Crippen molar-refractivity contribution in [3.63, 3.8) is 0 Å². The van der Waals surface area contributed by atoms with E-state index in [1.807, 2.05) is 0 Å². The second kappa shape index (κ2) is 4.64. The van der Waals surface area contributed by atoms with Gasteiger partial charge >= 0.3 is 11.9 Å². The van der Waals surface area contributed by atoms with Crippen molar-refractivity contribution in [3.8, 4) is 0 Å². The Morgan fingerprint density at radius 3 is 2.15 bits per heavy atom. The molecule has 0 radical (unpaired) electrons. The molecule has 0 fully saturated rings. The monoisotopic (exact) mass is 186 g/mol. The molecule has 0 bridgehead atoms. The number of hydrogen-bond donors (Lipinski definition) is 1. The molecule has 0 spiro atoms. The Balaban J connectivity index is 4.85. The Morgan fingerprint density at radius 2 is 1.92 bits per heavy atom. The van der Waals surface area contributed by atoms with Gasteiger partial charge in [0.2, 0.25) is 0 Å². The highest BCUT2D eigenvalue weighted by Gasteiger charge is 2.44. The van der Waals surface area contributed by atoms with Crippen LogP contribution in [0, 0.1) is 5.41 Å². The van der Waals surface area contributed by atoms with Crippen molar-refractivity contribution >= 4 is 11.9 Å². The number of rotatable bonds is 5. The third-order valence-corrected chi connectivity index (χ3v) is 2.20. The molecule has 4 nitrogen and oxygen atoms in total. The standard InChI is InChI=1S/C9H14O4/c1-4-9(5-2,7(10)11)8(12)13-6-3/h6H,3-5H2,1-2H3,(H,10,11). The number of esters is 1. The Bertz CT molecular complexity index is 216. The third-order valence-electron chi connectivity index (χ3n) is 2.20. The van der Waals surface area contributed by atoms with Crippen molar-refractivity contribution < 1.29 is 19.4 Å². The molecule has 0 aliphatic carbocycles. The maximum Gasteiger partial charge on any atom is 0.328 e. The SMILES string of the molecule is C=COC(=O)C(CC)(CC)C(=O)O. The van der Waals surface area contributed by atoms with Crippen molar-refractivity contribution in [2.75, 3.05) is 0 Å². The van der Waals surface area contributed by atoms with E-state index in [2.05, 4.69) is 11.3 Å². The van der Waals surface area contributed by atoms with Gasteiger partial charge in [0.15, 0.2) is 5.41 Å². The molecule has 0 saturated heterocycles. The van der Waals surface area contributed by atoms with E-state index in [0.29, 0.717) is 0 Å². The van der Waals surface area contributed by atoms with Gasteiger partial charge < -0.3 is 9.84 Å². The van der Waals surface area contributed by atoms with Crippen LogP contribution in [0.3, 0.4) is 0 Å². The Morgan fingerprint density at radius 1 is 1.46 bits per heavy atom. The lowest BCUT2D eigenvalue weighted by Gasteiger charge is -2.22. The first kappa shape index (κ1) is 11.7. The van der Waals surface area contributed by atoms with Crippen LogP contribution in [-0.4, -0.2) is 17.0 Å². The third kappa shape index (κ3) is 2.08. The Hall–Kier alpha value is -1.32. The Labute approximate surface area is 77.2 Å². The van der Waals surface area contributed by atoms with E-state index < -0.39 is 17.4 Å². The van der Waals surface area contributed by atoms with Gasteiger partial charge in [0, 0.05) is 0 Å². The van der Waals surface area contributed by atoms with Crippen LogP contribution in [-0.2, 0) is 14.3 Å². The zero-order valence-electron chi connectivity index (χ0n) is 7.87. The zero-order valence-corrected chi connectivity index (χ0v) is 7.87. The lowest BCUT2D eigenvalue weighted by atomic mass is 9.82. The highest BCUT2D eigenvalue weighted by Crippen LogP contribution is 2.28. The van der Waals surface area contributed by atoms with Crippen LogP contribution in [0.25, 0.3) is 0 Å². The lowest BCUT2D eigenvalue weighted by molar-refractivity contribution is -0.165. The van der Waals surface area contributed by atoms with E-state index in [-0.39, 0.29) is 12.8 Å². The van der Waals surface area contributed by atoms with Gasteiger partial charge in [0.25, 0.3) is 0 Å². The fourth-order valence-electron chi connectivity index (χ4n) is 1.12. The summed E-state index contributed by atoms with van der Waals surface area (Å²) in [6.45, 7) is 6.49. The van der Waals surface area contributed by atoms with Crippen molar-refractivity contribution in [2.45, 2.75) is 26.7 Å². The molecular formula is C9H14O4. The lowest BCUT2D eigenvalue weighted by Crippen LogP contribution is -2.38. The van der Waals surface area contributed by atoms with Crippen molar-refractivity contribution in [1.29, 1.82) is 0 Å². The quantitative estimate of drug-likeness (QED) is 0.402. The van der Waals surface area contributed by atoms with Gasteiger partial charge in [0.05, 0.1) is 6.26 Å². The summed E-state index contributed by atoms with van der Waals surface area (Å²) in [6, 6.07) is 0. The highest BCUT2D eigenvalue weighted by atomic mass is 16.5. The summed E-state index contributed by atoms with van der Waals surface area (Å²) in [5, 5.41) is 8.89. The van der Waals surface area contributed by atoms with Crippen molar-refractivity contribution in [3.05, 3.63) is 12.8 Å². The second-order valence-corrected chi connectivity index (χ2v) is 2.67. The van der Waals surface area contributed by atoms with E-state index in [4.69, 9.17) is 5.11 Å². The summed E-state index contributed by atoms with van der Waals surface area (Å²) in [5.74, 6) is -1.90. The highest BCUT2D eigenvalue weighted by molar-refractivity contribution is 5.99. The first-order valence-electron chi connectivity index (χ1n) is 4.10. The van der Waals surface area contributed by atoms with Crippen molar-refractivity contribution in [2.24, 2.45) is 5.41 Å². The molecule has 0 atom stereocenters. The van der Waals surface area contributed by atoms with Gasteiger partial charge in [-0.25, -0.2) is 0 Å². The predicted molar refractivity (Wildman–Crippen MR) is 46.9 cm³/mol. The van der Waals surface area contributed by atoms with Gasteiger partial charge in [0.1, 0.15) is 0 Å². The summed E-state index contributed by atoms with van der Waals surface area (Å²) in [6.07, 6.45) is 1.38. The number of carboxylic acid groups (broad SMARTS) is 1. The van der Waals surface area contributed by atoms with E-state index in [0.717, 1.165) is 6.26 Å². The van der Waals surface area contributed by atoms with E-state index in [1.165, 1.54) is 0 Å². The first-order valence-corrected chi connectivity index (χ1v) is 4.10. The number of ether oxygens (including phenoxy) is 1. The fourth-order valence-corrected chi connectivity index (χ4v) is 1.12. The summed E-state index contributed by atoms with van der Waals surface area (Å²) in [4.78, 5) is 22.2. The molecular weight excluding hydrogens is 172 g/mol. The largest absolute Gasteiger partial charge is 0.480 e. The fraction of sp³-hybridized carbons (Fsp3) is 0.556. The number of carbonyl (C=O) groups is 2. The molecule has 0 aromatic rings. The zero-order chi connectivity index (χ0) is 10.5. The van der Waals surface area contributed by atoms with Crippen LogP contribution < -0.4 is 0 Å². The molecule has 13 heavy (non-hydrogen) atoms. The molecule has 0 aromatic heterocycles. The van der Waals surface area contributed by atoms with Gasteiger partial charge in [-0.05, 0) is 12.8 Å². The van der Waals surface area contributed by atoms with Gasteiger partial charge in [-0.2, -0.15) is 0 Å². The van der Waals surface area contributed by atoms with Crippen LogP contribution in [0.15, 0.2) is 12.8 Å². The molecule has 0 heterocycles. The van der Waals surface area contributed by atoms with Crippen LogP contribution in [0.2, 0.25) is 0 Å². The Kier molecular flexibility index (Phi) is 4.17. The van der Waals surface area contributed by atoms with Crippen molar-refractivity contribution in [1.82, 2.24) is 0 Å². The number of hydrogen-bond acceptors (Lipinski definition) is 3. The minimum Gasteiger partial charge on any atom is -0.480 e. The van der Waals surface area contributed by atoms with Gasteiger partial charge in [-0.15, -0.1) is 0 Å². The van der Waals surface area contributed by atoms with Crippen LogP contribution in [0.4, 0.5) is 0 Å². The average molecular weight is 186 g/mol. The maximum atomic E-state index is 11.3. The summed E-state index contributed by atoms with van der Waals surface area (Å²) in [5.41, 5.74) is -1.42. The van der Waals surface area contributed by atoms with Crippen LogP contribution in [0.1, 0.15) is 26.7 Å². The van der Waals surface area contributed by atoms with E-state index in [9.17, 15) is 9.59 Å². The second-order valence-electron chi connectivity index (χ2n) is 2.67. The molecule has 0 aliphatic rings. The van der Waals surface area contributed by atoms with E-state index in [1.54, 1.807) is 13.8 Å². The topological polar surface area (TPSA) is 63.6 Å². The minimum absolute atomic E-state index is 0.214. The minimum atomic E-state index is -1.42. The molecule has 0 aliphatic heterocycles. The van der Waals surface area contributed by atoms with E-state index >= 15 is 0 Å². The predicted octanol–water partition coefficient (Wildman–Crippen LogP) is 1.56. The summed E-state index contributed by atoms with van der Waals surface area (Å²) < 4.78 is 4.49. The average Bonchev–Trinajstić information content (AvgIpc) is 2.07. The number of aliphatic carboxylic acids is 1. The molecule has 4 heteroatoms. The summed E-state index contributed by atoms with van der Waals surface area (Å²) in [7, 11) is 0. The first-order chi connectivity index (χ1) is 6.05. The van der Waals surface area contributed by atoms with Gasteiger partial charge in [-0.3, -0.25) is 9.59 Å². The molecule has 0 saturated carbocycles. The van der Waals surface area contributed by atoms with Gasteiger partial charge in [-0.1, -0.05) is 20.4 Å². The smallest absolute Gasteiger partial charge is 0.328 e. The number of carbonyl (C=O) groups excluding carboxylic acids is 1. The molecule has 0 unspecified atom stereocenters. The normalized spacial score (nSPS) is 10.6. The molecule has 74 valence electrons. The molecule has 1 N–H and O–H groups in total. The van der Waals surface area contributed by atoms with Crippen LogP contribution >= 0.6 is 0 Å².